The smallest absolute Gasteiger partial charge is 0.129 e. The van der Waals surface area contributed by atoms with E-state index in [1.807, 2.05) is 6.07 Å². The Labute approximate surface area is 159 Å². The topological polar surface area (TPSA) is 43.4 Å². The summed E-state index contributed by atoms with van der Waals surface area (Å²) in [5, 5.41) is 5.27. The van der Waals surface area contributed by atoms with Gasteiger partial charge in [0.15, 0.2) is 0 Å². The van der Waals surface area contributed by atoms with Crippen LogP contribution in [-0.4, -0.2) is 33.8 Å². The van der Waals surface area contributed by atoms with Crippen molar-refractivity contribution >= 4 is 10.9 Å². The molecule has 3 heterocycles. The predicted molar refractivity (Wildman–Crippen MR) is 105 cm³/mol. The van der Waals surface area contributed by atoms with Gasteiger partial charge in [-0.3, -0.25) is 4.90 Å². The third-order valence-electron chi connectivity index (χ3n) is 6.15. The molecule has 5 rings (SSSR count). The second kappa shape index (κ2) is 7.39. The van der Waals surface area contributed by atoms with Crippen LogP contribution in [0.2, 0.25) is 0 Å². The lowest BCUT2D eigenvalue weighted by atomic mass is 10.1. The zero-order chi connectivity index (χ0) is 18.1. The number of rotatable bonds is 5. The minimum atomic E-state index is 0.291. The molecule has 1 saturated carbocycles. The van der Waals surface area contributed by atoms with Gasteiger partial charge in [0.05, 0.1) is 11.2 Å². The van der Waals surface area contributed by atoms with Crippen LogP contribution in [-0.2, 0) is 6.54 Å². The van der Waals surface area contributed by atoms with Crippen molar-refractivity contribution in [2.45, 2.75) is 57.2 Å². The molecule has 0 unspecified atom stereocenters. The predicted octanol–water partition coefficient (Wildman–Crippen LogP) is 4.79. The first-order chi connectivity index (χ1) is 13.4. The van der Waals surface area contributed by atoms with Gasteiger partial charge in [-0.25, -0.2) is 0 Å². The molecule has 2 aliphatic rings. The Morgan fingerprint density at radius 2 is 1.89 bits per heavy atom. The molecule has 1 aromatic carbocycles. The number of aromatic nitrogens is 2. The van der Waals surface area contributed by atoms with Crippen LogP contribution in [0.3, 0.4) is 0 Å². The average molecular weight is 365 g/mol. The van der Waals surface area contributed by atoms with Crippen molar-refractivity contribution in [1.29, 1.82) is 0 Å². The lowest BCUT2D eigenvalue weighted by molar-refractivity contribution is 0.0967. The SMILES string of the molecule is c1cc(OC2CCN(Cc3ccon3)CC2)c2ccn(C3CCCC3)c2c1. The first-order valence-corrected chi connectivity index (χ1v) is 10.2. The molecule has 0 radical (unpaired) electrons. The van der Waals surface area contributed by atoms with Crippen LogP contribution in [0.1, 0.15) is 50.3 Å². The molecule has 3 aromatic rings. The molecule has 2 aromatic heterocycles. The van der Waals surface area contributed by atoms with Gasteiger partial charge in [0.1, 0.15) is 18.1 Å². The van der Waals surface area contributed by atoms with Crippen LogP contribution < -0.4 is 4.74 Å². The number of fused-ring (bicyclic) bond motifs is 1. The maximum absolute atomic E-state index is 6.45. The monoisotopic (exact) mass is 365 g/mol. The van der Waals surface area contributed by atoms with Crippen molar-refractivity contribution < 1.29 is 9.26 Å². The molecule has 2 fully saturated rings. The van der Waals surface area contributed by atoms with Crippen molar-refractivity contribution in [1.82, 2.24) is 14.6 Å². The molecule has 0 N–H and O–H groups in total. The standard InChI is InChI=1S/C22H27N3O2/c1-2-5-18(4-1)25-14-10-20-21(25)6-3-7-22(20)27-19-8-12-24(13-9-19)16-17-11-15-26-23-17/h3,6-7,10-11,14-15,18-19H,1-2,4-5,8-9,12-13,16H2. The highest BCUT2D eigenvalue weighted by Crippen LogP contribution is 2.36. The molecule has 142 valence electrons. The highest BCUT2D eigenvalue weighted by Gasteiger charge is 2.23. The largest absolute Gasteiger partial charge is 0.490 e. The molecule has 1 aliphatic heterocycles. The lowest BCUT2D eigenvalue weighted by Gasteiger charge is -2.31. The van der Waals surface area contributed by atoms with Gasteiger partial charge in [-0.15, -0.1) is 0 Å². The van der Waals surface area contributed by atoms with Crippen LogP contribution in [0.5, 0.6) is 5.75 Å². The fraction of sp³-hybridized carbons (Fsp3) is 0.500. The highest BCUT2D eigenvalue weighted by molar-refractivity contribution is 5.86. The summed E-state index contributed by atoms with van der Waals surface area (Å²) >= 11 is 0. The highest BCUT2D eigenvalue weighted by atomic mass is 16.5. The summed E-state index contributed by atoms with van der Waals surface area (Å²) in [5.74, 6) is 1.04. The van der Waals surface area contributed by atoms with Crippen molar-refractivity contribution in [3.63, 3.8) is 0 Å². The Bertz CT molecular complexity index is 872. The van der Waals surface area contributed by atoms with Crippen molar-refractivity contribution in [3.8, 4) is 5.75 Å². The van der Waals surface area contributed by atoms with E-state index in [1.165, 1.54) is 36.6 Å². The van der Waals surface area contributed by atoms with Gasteiger partial charge >= 0.3 is 0 Å². The Balaban J connectivity index is 1.25. The van der Waals surface area contributed by atoms with Crippen LogP contribution in [0.15, 0.2) is 47.3 Å². The molecule has 5 nitrogen and oxygen atoms in total. The number of piperidine rings is 1. The minimum Gasteiger partial charge on any atom is -0.490 e. The maximum Gasteiger partial charge on any atom is 0.129 e. The van der Waals surface area contributed by atoms with Crippen molar-refractivity contribution in [2.24, 2.45) is 0 Å². The van der Waals surface area contributed by atoms with E-state index in [1.54, 1.807) is 6.26 Å². The molecule has 1 aliphatic carbocycles. The van der Waals surface area contributed by atoms with E-state index in [0.717, 1.165) is 43.9 Å². The summed E-state index contributed by atoms with van der Waals surface area (Å²) in [6.45, 7) is 2.94. The van der Waals surface area contributed by atoms with Gasteiger partial charge in [0.25, 0.3) is 0 Å². The van der Waals surface area contributed by atoms with Crippen LogP contribution in [0.4, 0.5) is 0 Å². The normalized spacial score (nSPS) is 19.9. The van der Waals surface area contributed by atoms with Crippen molar-refractivity contribution in [2.75, 3.05) is 13.1 Å². The van der Waals surface area contributed by atoms with E-state index in [2.05, 4.69) is 45.1 Å². The maximum atomic E-state index is 6.45. The van der Waals surface area contributed by atoms with Crippen molar-refractivity contribution in [3.05, 3.63) is 48.5 Å². The average Bonchev–Trinajstić information content (AvgIpc) is 3.45. The van der Waals surface area contributed by atoms with Crippen LogP contribution >= 0.6 is 0 Å². The Hall–Kier alpha value is -2.27. The lowest BCUT2D eigenvalue weighted by Crippen LogP contribution is -2.37. The van der Waals surface area contributed by atoms with Gasteiger partial charge < -0.3 is 13.8 Å². The third-order valence-corrected chi connectivity index (χ3v) is 6.15. The fourth-order valence-corrected chi connectivity index (χ4v) is 4.68. The summed E-state index contributed by atoms with van der Waals surface area (Å²) in [7, 11) is 0. The number of hydrogen-bond donors (Lipinski definition) is 0. The number of hydrogen-bond acceptors (Lipinski definition) is 4. The number of likely N-dealkylation sites (tertiary alicyclic amines) is 1. The Kier molecular flexibility index (Phi) is 4.62. The van der Waals surface area contributed by atoms with Crippen LogP contribution in [0, 0.1) is 0 Å². The van der Waals surface area contributed by atoms with Gasteiger partial charge in [-0.05, 0) is 43.9 Å². The molecule has 0 atom stereocenters. The number of ether oxygens (including phenoxy) is 1. The van der Waals surface area contributed by atoms with Gasteiger partial charge in [-0.2, -0.15) is 0 Å². The second-order valence-corrected chi connectivity index (χ2v) is 7.93. The van der Waals surface area contributed by atoms with E-state index in [4.69, 9.17) is 9.26 Å². The molecule has 27 heavy (non-hydrogen) atoms. The van der Waals surface area contributed by atoms with Crippen LogP contribution in [0.25, 0.3) is 10.9 Å². The first kappa shape index (κ1) is 16.9. The minimum absolute atomic E-state index is 0.291. The van der Waals surface area contributed by atoms with E-state index in [-0.39, 0.29) is 0 Å². The van der Waals surface area contributed by atoms with Gasteiger partial charge in [-0.1, -0.05) is 24.1 Å². The third kappa shape index (κ3) is 3.48. The van der Waals surface area contributed by atoms with E-state index >= 15 is 0 Å². The fourth-order valence-electron chi connectivity index (χ4n) is 4.68. The Morgan fingerprint density at radius 1 is 1.04 bits per heavy atom. The summed E-state index contributed by atoms with van der Waals surface area (Å²) in [4.78, 5) is 2.43. The molecular weight excluding hydrogens is 338 g/mol. The Morgan fingerprint density at radius 3 is 2.67 bits per heavy atom. The quantitative estimate of drug-likeness (QED) is 0.652. The zero-order valence-corrected chi connectivity index (χ0v) is 15.7. The van der Waals surface area contributed by atoms with E-state index < -0.39 is 0 Å². The molecule has 0 amide bonds. The number of nitrogens with zero attached hydrogens (tertiary/aromatic N) is 3. The van der Waals surface area contributed by atoms with Gasteiger partial charge in [0, 0.05) is 43.3 Å². The first-order valence-electron chi connectivity index (χ1n) is 10.2. The van der Waals surface area contributed by atoms with E-state index in [0.29, 0.717) is 12.1 Å². The molecular formula is C22H27N3O2. The zero-order valence-electron chi connectivity index (χ0n) is 15.7. The summed E-state index contributed by atoms with van der Waals surface area (Å²) < 4.78 is 13.9. The molecule has 5 heteroatoms. The summed E-state index contributed by atoms with van der Waals surface area (Å²) in [6, 6.07) is 11.4. The molecule has 0 spiro atoms. The van der Waals surface area contributed by atoms with E-state index in [9.17, 15) is 0 Å². The molecule has 0 bridgehead atoms. The number of benzene rings is 1. The summed E-state index contributed by atoms with van der Waals surface area (Å²) in [6.07, 6.45) is 11.6. The summed E-state index contributed by atoms with van der Waals surface area (Å²) in [5.41, 5.74) is 2.33. The van der Waals surface area contributed by atoms with Gasteiger partial charge in [0.2, 0.25) is 0 Å². The molecule has 1 saturated heterocycles. The second-order valence-electron chi connectivity index (χ2n) is 7.93.